The Bertz CT molecular complexity index is 611. The van der Waals surface area contributed by atoms with Gasteiger partial charge in [0, 0.05) is 16.2 Å². The Labute approximate surface area is 125 Å². The lowest BCUT2D eigenvalue weighted by Gasteiger charge is -2.08. The summed E-state index contributed by atoms with van der Waals surface area (Å²) in [5.41, 5.74) is 1.90. The maximum absolute atomic E-state index is 11.0. The number of carboxylic acid groups (broad SMARTS) is 1. The van der Waals surface area contributed by atoms with Crippen molar-refractivity contribution in [1.29, 1.82) is 0 Å². The lowest BCUT2D eigenvalue weighted by atomic mass is 10.2. The van der Waals surface area contributed by atoms with Crippen LogP contribution in [0.25, 0.3) is 0 Å². The van der Waals surface area contributed by atoms with Gasteiger partial charge in [-0.2, -0.15) is 0 Å². The zero-order valence-electron chi connectivity index (χ0n) is 11.0. The SMILES string of the molecule is CCc1cc(C(=O)O)cc(OCc2ccc(Br)cc2)n1. The molecule has 104 valence electrons. The van der Waals surface area contributed by atoms with E-state index >= 15 is 0 Å². The molecule has 20 heavy (non-hydrogen) atoms. The first-order chi connectivity index (χ1) is 9.58. The molecule has 1 heterocycles. The molecule has 1 aromatic heterocycles. The van der Waals surface area contributed by atoms with E-state index in [4.69, 9.17) is 9.84 Å². The highest BCUT2D eigenvalue weighted by Gasteiger charge is 2.08. The van der Waals surface area contributed by atoms with Crippen molar-refractivity contribution in [3.05, 3.63) is 57.7 Å². The summed E-state index contributed by atoms with van der Waals surface area (Å²) in [4.78, 5) is 15.3. The van der Waals surface area contributed by atoms with E-state index in [1.165, 1.54) is 6.07 Å². The Kier molecular flexibility index (Phi) is 4.74. The predicted molar refractivity (Wildman–Crippen MR) is 79.0 cm³/mol. The third kappa shape index (κ3) is 3.81. The number of carbonyl (C=O) groups is 1. The third-order valence-electron chi connectivity index (χ3n) is 2.76. The molecule has 1 N–H and O–H groups in total. The lowest BCUT2D eigenvalue weighted by Crippen LogP contribution is -2.03. The Hall–Kier alpha value is -1.88. The largest absolute Gasteiger partial charge is 0.478 e. The summed E-state index contributed by atoms with van der Waals surface area (Å²) in [7, 11) is 0. The van der Waals surface area contributed by atoms with E-state index in [1.54, 1.807) is 6.07 Å². The minimum Gasteiger partial charge on any atom is -0.478 e. The number of rotatable bonds is 5. The number of halogens is 1. The normalized spacial score (nSPS) is 10.3. The number of pyridine rings is 1. The average Bonchev–Trinajstić information content (AvgIpc) is 2.46. The van der Waals surface area contributed by atoms with Crippen molar-refractivity contribution in [1.82, 2.24) is 4.98 Å². The van der Waals surface area contributed by atoms with Gasteiger partial charge in [0.15, 0.2) is 0 Å². The number of aryl methyl sites for hydroxylation is 1. The Morgan fingerprint density at radius 3 is 2.60 bits per heavy atom. The number of ether oxygens (including phenoxy) is 1. The fraction of sp³-hybridized carbons (Fsp3) is 0.200. The highest BCUT2D eigenvalue weighted by molar-refractivity contribution is 9.10. The molecule has 4 nitrogen and oxygen atoms in total. The van der Waals surface area contributed by atoms with Crippen LogP contribution < -0.4 is 4.74 Å². The standard InChI is InChI=1S/C15H14BrNO3/c1-2-13-7-11(15(18)19)8-14(17-13)20-9-10-3-5-12(16)6-4-10/h3-8H,2,9H2,1H3,(H,18,19). The highest BCUT2D eigenvalue weighted by atomic mass is 79.9. The van der Waals surface area contributed by atoms with Crippen molar-refractivity contribution >= 4 is 21.9 Å². The summed E-state index contributed by atoms with van der Waals surface area (Å²) < 4.78 is 6.58. The molecule has 0 atom stereocenters. The van der Waals surface area contributed by atoms with Crippen molar-refractivity contribution in [3.63, 3.8) is 0 Å². The Morgan fingerprint density at radius 1 is 1.30 bits per heavy atom. The Morgan fingerprint density at radius 2 is 2.00 bits per heavy atom. The van der Waals surface area contributed by atoms with Gasteiger partial charge in [-0.05, 0) is 30.2 Å². The van der Waals surface area contributed by atoms with Crippen molar-refractivity contribution in [3.8, 4) is 5.88 Å². The zero-order valence-corrected chi connectivity index (χ0v) is 12.6. The van der Waals surface area contributed by atoms with Gasteiger partial charge in [0.1, 0.15) is 6.61 Å². The quantitative estimate of drug-likeness (QED) is 0.905. The van der Waals surface area contributed by atoms with E-state index in [9.17, 15) is 4.79 Å². The molecule has 0 aliphatic rings. The van der Waals surface area contributed by atoms with Crippen LogP contribution >= 0.6 is 15.9 Å². The maximum atomic E-state index is 11.0. The maximum Gasteiger partial charge on any atom is 0.335 e. The minimum absolute atomic E-state index is 0.197. The number of benzene rings is 1. The summed E-state index contributed by atoms with van der Waals surface area (Å²) >= 11 is 3.37. The second kappa shape index (κ2) is 6.52. The summed E-state index contributed by atoms with van der Waals surface area (Å²) in [6.07, 6.45) is 0.662. The first-order valence-electron chi connectivity index (χ1n) is 6.20. The molecule has 0 radical (unpaired) electrons. The first kappa shape index (κ1) is 14.5. The van der Waals surface area contributed by atoms with Crippen LogP contribution in [0, 0.1) is 0 Å². The number of aromatic nitrogens is 1. The van der Waals surface area contributed by atoms with Crippen LogP contribution in [0.15, 0.2) is 40.9 Å². The van der Waals surface area contributed by atoms with Gasteiger partial charge in [-0.15, -0.1) is 0 Å². The molecule has 2 rings (SSSR count). The van der Waals surface area contributed by atoms with E-state index < -0.39 is 5.97 Å². The van der Waals surface area contributed by atoms with Crippen molar-refractivity contribution < 1.29 is 14.6 Å². The van der Waals surface area contributed by atoms with Crippen LogP contribution in [0.4, 0.5) is 0 Å². The number of carboxylic acids is 1. The van der Waals surface area contributed by atoms with E-state index in [1.807, 2.05) is 31.2 Å². The number of hydrogen-bond donors (Lipinski definition) is 1. The highest BCUT2D eigenvalue weighted by Crippen LogP contribution is 2.16. The van der Waals surface area contributed by atoms with Crippen LogP contribution in [0.1, 0.15) is 28.5 Å². The molecule has 0 saturated heterocycles. The van der Waals surface area contributed by atoms with Crippen molar-refractivity contribution in [2.45, 2.75) is 20.0 Å². The molecule has 0 fully saturated rings. The van der Waals surface area contributed by atoms with Crippen molar-refractivity contribution in [2.75, 3.05) is 0 Å². The average molecular weight is 336 g/mol. The van der Waals surface area contributed by atoms with Gasteiger partial charge in [0.25, 0.3) is 0 Å². The van der Waals surface area contributed by atoms with Crippen LogP contribution in [-0.4, -0.2) is 16.1 Å². The molecule has 0 saturated carbocycles. The van der Waals surface area contributed by atoms with Crippen LogP contribution in [0.3, 0.4) is 0 Å². The molecular formula is C15H14BrNO3. The van der Waals surface area contributed by atoms with Gasteiger partial charge in [-0.3, -0.25) is 0 Å². The lowest BCUT2D eigenvalue weighted by molar-refractivity contribution is 0.0696. The molecule has 2 aromatic rings. The second-order valence-corrected chi connectivity index (χ2v) is 5.17. The number of aromatic carboxylic acids is 1. The molecule has 0 spiro atoms. The van der Waals surface area contributed by atoms with Gasteiger partial charge in [0.05, 0.1) is 5.56 Å². The molecule has 1 aromatic carbocycles. The monoisotopic (exact) mass is 335 g/mol. The molecule has 0 bridgehead atoms. The van der Waals surface area contributed by atoms with Crippen LogP contribution in [-0.2, 0) is 13.0 Å². The minimum atomic E-state index is -0.976. The molecule has 0 amide bonds. The second-order valence-electron chi connectivity index (χ2n) is 4.26. The van der Waals surface area contributed by atoms with Gasteiger partial charge < -0.3 is 9.84 Å². The zero-order chi connectivity index (χ0) is 14.5. The molecular weight excluding hydrogens is 322 g/mol. The fourth-order valence-electron chi connectivity index (χ4n) is 1.68. The van der Waals surface area contributed by atoms with E-state index in [0.717, 1.165) is 10.0 Å². The number of nitrogens with zero attached hydrogens (tertiary/aromatic N) is 1. The molecule has 0 unspecified atom stereocenters. The molecule has 0 aliphatic heterocycles. The summed E-state index contributed by atoms with van der Waals surface area (Å²) in [5, 5.41) is 9.06. The smallest absolute Gasteiger partial charge is 0.335 e. The summed E-state index contributed by atoms with van der Waals surface area (Å²) in [5.74, 6) is -0.639. The van der Waals surface area contributed by atoms with Gasteiger partial charge in [-0.1, -0.05) is 35.0 Å². The van der Waals surface area contributed by atoms with Crippen LogP contribution in [0.5, 0.6) is 5.88 Å². The van der Waals surface area contributed by atoms with Crippen molar-refractivity contribution in [2.24, 2.45) is 0 Å². The fourth-order valence-corrected chi connectivity index (χ4v) is 1.94. The van der Waals surface area contributed by atoms with E-state index in [2.05, 4.69) is 20.9 Å². The summed E-state index contributed by atoms with van der Waals surface area (Å²) in [6.45, 7) is 2.28. The van der Waals surface area contributed by atoms with Gasteiger partial charge >= 0.3 is 5.97 Å². The van der Waals surface area contributed by atoms with Gasteiger partial charge in [-0.25, -0.2) is 9.78 Å². The first-order valence-corrected chi connectivity index (χ1v) is 6.99. The van der Waals surface area contributed by atoms with Crippen LogP contribution in [0.2, 0.25) is 0 Å². The van der Waals surface area contributed by atoms with E-state index in [0.29, 0.717) is 24.6 Å². The number of hydrogen-bond acceptors (Lipinski definition) is 3. The topological polar surface area (TPSA) is 59.4 Å². The predicted octanol–water partition coefficient (Wildman–Crippen LogP) is 3.68. The summed E-state index contributed by atoms with van der Waals surface area (Å²) in [6, 6.07) is 10.7. The molecule has 5 heteroatoms. The van der Waals surface area contributed by atoms with Gasteiger partial charge in [0.2, 0.25) is 5.88 Å². The third-order valence-corrected chi connectivity index (χ3v) is 3.29. The van der Waals surface area contributed by atoms with E-state index in [-0.39, 0.29) is 5.56 Å². The molecule has 0 aliphatic carbocycles. The Balaban J connectivity index is 2.14.